The van der Waals surface area contributed by atoms with Crippen molar-refractivity contribution in [3.63, 3.8) is 0 Å². The number of amides is 1. The maximum absolute atomic E-state index is 12.7. The fourth-order valence-electron chi connectivity index (χ4n) is 3.14. The number of carbonyl (C=O) groups excluding carboxylic acids is 1. The van der Waals surface area contributed by atoms with Gasteiger partial charge in [0.25, 0.3) is 11.6 Å². The van der Waals surface area contributed by atoms with E-state index in [-0.39, 0.29) is 28.1 Å². The van der Waals surface area contributed by atoms with Gasteiger partial charge in [-0.15, -0.1) is 0 Å². The molecule has 0 radical (unpaired) electrons. The molecule has 0 unspecified atom stereocenters. The molecule has 1 aliphatic rings. The number of hydrogen-bond acceptors (Lipinski definition) is 6. The number of nitro groups is 1. The van der Waals surface area contributed by atoms with E-state index in [1.165, 1.54) is 37.6 Å². The van der Waals surface area contributed by atoms with E-state index in [2.05, 4.69) is 4.72 Å². The van der Waals surface area contributed by atoms with Crippen LogP contribution in [-0.2, 0) is 10.0 Å². The van der Waals surface area contributed by atoms with Crippen LogP contribution < -0.4 is 4.72 Å². The summed E-state index contributed by atoms with van der Waals surface area (Å²) < 4.78 is 32.9. The molecule has 27 heavy (non-hydrogen) atoms. The maximum atomic E-state index is 12.7. The lowest BCUT2D eigenvalue weighted by molar-refractivity contribution is -0.385. The highest BCUT2D eigenvalue weighted by molar-refractivity contribution is 7.89. The van der Waals surface area contributed by atoms with Crippen LogP contribution in [0.25, 0.3) is 0 Å². The molecule has 0 bridgehead atoms. The molecule has 1 aromatic heterocycles. The van der Waals surface area contributed by atoms with Crippen LogP contribution in [0.15, 0.2) is 46.1 Å². The minimum Gasteiger partial charge on any atom is -0.472 e. The molecule has 1 amide bonds. The van der Waals surface area contributed by atoms with Crippen molar-refractivity contribution < 1.29 is 22.6 Å². The molecule has 0 atom stereocenters. The number of piperidine rings is 1. The van der Waals surface area contributed by atoms with Crippen LogP contribution in [0.3, 0.4) is 0 Å². The Morgan fingerprint density at radius 1 is 1.30 bits per heavy atom. The number of nitro benzene ring substituents is 1. The Hall–Kier alpha value is -2.72. The van der Waals surface area contributed by atoms with Crippen molar-refractivity contribution in [3.8, 4) is 0 Å². The van der Waals surface area contributed by atoms with Crippen LogP contribution in [0.4, 0.5) is 5.69 Å². The third-order valence-electron chi connectivity index (χ3n) is 4.61. The third-order valence-corrected chi connectivity index (χ3v) is 6.28. The lowest BCUT2D eigenvalue weighted by Gasteiger charge is -2.32. The van der Waals surface area contributed by atoms with Crippen molar-refractivity contribution in [2.75, 3.05) is 13.1 Å². The Bertz CT molecular complexity index is 947. The number of hydrogen-bond donors (Lipinski definition) is 1. The molecule has 9 nitrogen and oxygen atoms in total. The number of carbonyl (C=O) groups is 1. The van der Waals surface area contributed by atoms with E-state index in [0.29, 0.717) is 31.5 Å². The van der Waals surface area contributed by atoms with Crippen LogP contribution in [0.5, 0.6) is 0 Å². The summed E-state index contributed by atoms with van der Waals surface area (Å²) in [6, 6.07) is 5.21. The number of furan rings is 1. The van der Waals surface area contributed by atoms with Crippen molar-refractivity contribution in [2.45, 2.75) is 30.7 Å². The van der Waals surface area contributed by atoms with Gasteiger partial charge in [0, 0.05) is 30.8 Å². The molecule has 1 saturated heterocycles. The second-order valence-electron chi connectivity index (χ2n) is 6.36. The summed E-state index contributed by atoms with van der Waals surface area (Å²) in [6.45, 7) is 2.23. The van der Waals surface area contributed by atoms with E-state index in [1.807, 2.05) is 0 Å². The smallest absolute Gasteiger partial charge is 0.273 e. The van der Waals surface area contributed by atoms with Gasteiger partial charge in [-0.25, -0.2) is 13.1 Å². The summed E-state index contributed by atoms with van der Waals surface area (Å²) in [6.07, 6.45) is 3.71. The van der Waals surface area contributed by atoms with Crippen LogP contribution in [0, 0.1) is 17.0 Å². The molecule has 10 heteroatoms. The van der Waals surface area contributed by atoms with E-state index in [1.54, 1.807) is 11.0 Å². The number of likely N-dealkylation sites (tertiary alicyclic amines) is 1. The Kier molecular flexibility index (Phi) is 5.29. The largest absolute Gasteiger partial charge is 0.472 e. The van der Waals surface area contributed by atoms with Crippen molar-refractivity contribution in [1.82, 2.24) is 9.62 Å². The molecular weight excluding hydrogens is 374 g/mol. The van der Waals surface area contributed by atoms with Gasteiger partial charge in [-0.3, -0.25) is 14.9 Å². The summed E-state index contributed by atoms with van der Waals surface area (Å²) in [5.74, 6) is -0.153. The molecule has 1 aromatic carbocycles. The van der Waals surface area contributed by atoms with Gasteiger partial charge >= 0.3 is 0 Å². The van der Waals surface area contributed by atoms with Crippen molar-refractivity contribution >= 4 is 21.6 Å². The predicted octanol–water partition coefficient (Wildman–Crippen LogP) is 2.08. The zero-order valence-electron chi connectivity index (χ0n) is 14.6. The number of nitrogens with one attached hydrogen (secondary N) is 1. The molecule has 0 spiro atoms. The first-order chi connectivity index (χ1) is 12.8. The van der Waals surface area contributed by atoms with E-state index >= 15 is 0 Å². The SMILES string of the molecule is Cc1c([N+](=O)[O-])cccc1S(=O)(=O)NC1CCN(C(=O)c2ccoc2)CC1. The standard InChI is InChI=1S/C17H19N3O6S/c1-12-15(20(22)23)3-2-4-16(12)27(24,25)18-14-5-8-19(9-6-14)17(21)13-7-10-26-11-13/h2-4,7,10-11,14,18H,5-6,8-9H2,1H3. The summed E-state index contributed by atoms with van der Waals surface area (Å²) in [5.41, 5.74) is 0.322. The molecule has 0 saturated carbocycles. The molecular formula is C17H19N3O6S. The highest BCUT2D eigenvalue weighted by Gasteiger charge is 2.29. The summed E-state index contributed by atoms with van der Waals surface area (Å²) in [4.78, 5) is 24.3. The minimum atomic E-state index is -3.90. The fourth-order valence-corrected chi connectivity index (χ4v) is 4.71. The first-order valence-electron chi connectivity index (χ1n) is 8.37. The normalized spacial score (nSPS) is 15.7. The van der Waals surface area contributed by atoms with Gasteiger partial charge in [-0.2, -0.15) is 0 Å². The van der Waals surface area contributed by atoms with E-state index in [9.17, 15) is 23.3 Å². The zero-order valence-corrected chi connectivity index (χ0v) is 15.4. The quantitative estimate of drug-likeness (QED) is 0.613. The van der Waals surface area contributed by atoms with Crippen LogP contribution in [0.1, 0.15) is 28.8 Å². The Balaban J connectivity index is 1.67. The predicted molar refractivity (Wildman–Crippen MR) is 95.8 cm³/mol. The Morgan fingerprint density at radius 2 is 2.00 bits per heavy atom. The van der Waals surface area contributed by atoms with Gasteiger partial charge in [0.05, 0.1) is 21.6 Å². The monoisotopic (exact) mass is 393 g/mol. The molecule has 1 N–H and O–H groups in total. The van der Waals surface area contributed by atoms with E-state index < -0.39 is 14.9 Å². The first kappa shape index (κ1) is 19.1. The number of rotatable bonds is 5. The lowest BCUT2D eigenvalue weighted by atomic mass is 10.1. The molecule has 3 rings (SSSR count). The average molecular weight is 393 g/mol. The zero-order chi connectivity index (χ0) is 19.6. The first-order valence-corrected chi connectivity index (χ1v) is 9.85. The number of benzene rings is 1. The average Bonchev–Trinajstić information content (AvgIpc) is 3.16. The second-order valence-corrected chi connectivity index (χ2v) is 8.04. The minimum absolute atomic E-state index is 0.0996. The summed E-state index contributed by atoms with van der Waals surface area (Å²) >= 11 is 0. The van der Waals surface area contributed by atoms with Crippen LogP contribution in [-0.4, -0.2) is 43.3 Å². The van der Waals surface area contributed by atoms with E-state index in [4.69, 9.17) is 4.42 Å². The highest BCUT2D eigenvalue weighted by atomic mass is 32.2. The van der Waals surface area contributed by atoms with Crippen molar-refractivity contribution in [3.05, 3.63) is 58.0 Å². The Labute approximate surface area is 156 Å². The van der Waals surface area contributed by atoms with Crippen molar-refractivity contribution in [2.24, 2.45) is 0 Å². The van der Waals surface area contributed by atoms with Crippen molar-refractivity contribution in [1.29, 1.82) is 0 Å². The highest BCUT2D eigenvalue weighted by Crippen LogP contribution is 2.25. The van der Waals surface area contributed by atoms with Gasteiger partial charge in [-0.1, -0.05) is 6.07 Å². The molecule has 1 fully saturated rings. The summed E-state index contributed by atoms with van der Waals surface area (Å²) in [7, 11) is -3.90. The lowest BCUT2D eigenvalue weighted by Crippen LogP contribution is -2.46. The summed E-state index contributed by atoms with van der Waals surface area (Å²) in [5, 5.41) is 11.0. The number of nitrogens with zero attached hydrogens (tertiary/aromatic N) is 2. The third kappa shape index (κ3) is 4.01. The molecule has 0 aliphatic carbocycles. The maximum Gasteiger partial charge on any atom is 0.273 e. The molecule has 2 aromatic rings. The second kappa shape index (κ2) is 7.49. The topological polar surface area (TPSA) is 123 Å². The van der Waals surface area contributed by atoms with E-state index in [0.717, 1.165) is 0 Å². The van der Waals surface area contributed by atoms with Crippen LogP contribution in [0.2, 0.25) is 0 Å². The molecule has 1 aliphatic heterocycles. The molecule has 144 valence electrons. The van der Waals surface area contributed by atoms with Gasteiger partial charge in [-0.05, 0) is 31.9 Å². The molecule has 2 heterocycles. The Morgan fingerprint density at radius 3 is 2.59 bits per heavy atom. The van der Waals surface area contributed by atoms with Gasteiger partial charge in [0.2, 0.25) is 10.0 Å². The number of sulfonamides is 1. The van der Waals surface area contributed by atoms with Gasteiger partial charge in [0.1, 0.15) is 6.26 Å². The van der Waals surface area contributed by atoms with Gasteiger partial charge < -0.3 is 9.32 Å². The van der Waals surface area contributed by atoms with Gasteiger partial charge in [0.15, 0.2) is 0 Å². The van der Waals surface area contributed by atoms with Crippen LogP contribution >= 0.6 is 0 Å². The fraction of sp³-hybridized carbons (Fsp3) is 0.353.